The fraction of sp³-hybridized carbons (Fsp3) is 0.0588. The number of hydrogen-bond acceptors (Lipinski definition) is 5. The maximum absolute atomic E-state index is 11.0. The van der Waals surface area contributed by atoms with E-state index < -0.39 is 5.97 Å². The average Bonchev–Trinajstić information content (AvgIpc) is 2.87. The van der Waals surface area contributed by atoms with Crippen molar-refractivity contribution in [3.05, 3.63) is 66.0 Å². The van der Waals surface area contributed by atoms with Gasteiger partial charge in [-0.05, 0) is 37.3 Å². The molecule has 1 aromatic heterocycles. The Morgan fingerprint density at radius 2 is 1.83 bits per heavy atom. The number of aromatic carboxylic acids is 1. The summed E-state index contributed by atoms with van der Waals surface area (Å²) in [5, 5.41) is 27.1. The van der Waals surface area contributed by atoms with Crippen molar-refractivity contribution in [2.45, 2.75) is 6.92 Å². The van der Waals surface area contributed by atoms with E-state index in [0.29, 0.717) is 11.5 Å². The van der Waals surface area contributed by atoms with Gasteiger partial charge in [-0.2, -0.15) is 4.98 Å². The molecule has 0 aliphatic heterocycles. The molecule has 0 bridgehead atoms. The molecule has 7 nitrogen and oxygen atoms in total. The summed E-state index contributed by atoms with van der Waals surface area (Å²) in [7, 11) is 0. The van der Waals surface area contributed by atoms with E-state index in [1.165, 1.54) is 12.1 Å². The predicted molar refractivity (Wildman–Crippen MR) is 87.5 cm³/mol. The molecule has 0 atom stereocenters. The van der Waals surface area contributed by atoms with Crippen molar-refractivity contribution < 1.29 is 15.0 Å². The molecule has 0 saturated carbocycles. The van der Waals surface area contributed by atoms with Crippen LogP contribution in [0.5, 0.6) is 5.88 Å². The highest BCUT2D eigenvalue weighted by Crippen LogP contribution is 2.32. The molecule has 0 saturated heterocycles. The van der Waals surface area contributed by atoms with Crippen molar-refractivity contribution in [1.29, 1.82) is 0 Å². The molecule has 0 aliphatic rings. The maximum atomic E-state index is 11.0. The molecule has 2 aromatic carbocycles. The molecule has 3 aromatic rings. The molecule has 0 amide bonds. The predicted octanol–water partition coefficient (Wildman–Crippen LogP) is 4.00. The Balaban J connectivity index is 2.02. The largest absolute Gasteiger partial charge is 0.491 e. The van der Waals surface area contributed by atoms with Crippen LogP contribution in [0.1, 0.15) is 16.2 Å². The zero-order valence-corrected chi connectivity index (χ0v) is 12.8. The number of aryl methyl sites for hydroxylation is 1. The lowest BCUT2D eigenvalue weighted by atomic mass is 10.2. The van der Waals surface area contributed by atoms with E-state index in [1.807, 2.05) is 30.3 Å². The average molecular weight is 322 g/mol. The Morgan fingerprint density at radius 1 is 1.08 bits per heavy atom. The normalized spacial score (nSPS) is 11.0. The van der Waals surface area contributed by atoms with Gasteiger partial charge in [0.25, 0.3) is 5.88 Å². The number of imidazole rings is 1. The number of azo groups is 1. The summed E-state index contributed by atoms with van der Waals surface area (Å²) >= 11 is 0. The van der Waals surface area contributed by atoms with Crippen molar-refractivity contribution in [1.82, 2.24) is 9.55 Å². The summed E-state index contributed by atoms with van der Waals surface area (Å²) in [5.74, 6) is -0.541. The van der Waals surface area contributed by atoms with Gasteiger partial charge in [0.1, 0.15) is 5.82 Å². The molecular weight excluding hydrogens is 308 g/mol. The first-order valence-corrected chi connectivity index (χ1v) is 7.15. The Hall–Kier alpha value is -3.48. The molecule has 7 heteroatoms. The monoisotopic (exact) mass is 322 g/mol. The summed E-state index contributed by atoms with van der Waals surface area (Å²) in [5.41, 5.74) is 1.27. The van der Waals surface area contributed by atoms with Gasteiger partial charge in [0, 0.05) is 5.69 Å². The molecular formula is C17H14N4O3. The number of aromatic hydroxyl groups is 1. The number of carbonyl (C=O) groups is 1. The fourth-order valence-electron chi connectivity index (χ4n) is 2.29. The zero-order valence-electron chi connectivity index (χ0n) is 12.8. The lowest BCUT2D eigenvalue weighted by molar-refractivity contribution is 0.0697. The molecule has 1 heterocycles. The summed E-state index contributed by atoms with van der Waals surface area (Å²) in [6, 6.07) is 15.4. The van der Waals surface area contributed by atoms with Gasteiger partial charge in [-0.25, -0.2) is 4.79 Å². The lowest BCUT2D eigenvalue weighted by Crippen LogP contribution is -1.95. The van der Waals surface area contributed by atoms with Crippen molar-refractivity contribution in [2.24, 2.45) is 10.2 Å². The molecule has 24 heavy (non-hydrogen) atoms. The van der Waals surface area contributed by atoms with Gasteiger partial charge in [0.15, 0.2) is 0 Å². The summed E-state index contributed by atoms with van der Waals surface area (Å²) in [4.78, 5) is 15.0. The van der Waals surface area contributed by atoms with Crippen molar-refractivity contribution in [3.8, 4) is 11.6 Å². The molecule has 2 N–H and O–H groups in total. The van der Waals surface area contributed by atoms with Crippen molar-refractivity contribution in [2.75, 3.05) is 0 Å². The minimum Gasteiger partial charge on any atom is -0.491 e. The third-order valence-electron chi connectivity index (χ3n) is 3.37. The number of para-hydroxylation sites is 1. The first kappa shape index (κ1) is 15.4. The second-order valence-corrected chi connectivity index (χ2v) is 5.03. The van der Waals surface area contributed by atoms with Gasteiger partial charge in [-0.1, -0.05) is 24.3 Å². The summed E-state index contributed by atoms with van der Waals surface area (Å²) in [6.45, 7) is 1.75. The number of carboxylic acids is 1. The van der Waals surface area contributed by atoms with E-state index in [1.54, 1.807) is 23.6 Å². The minimum absolute atomic E-state index is 0.114. The van der Waals surface area contributed by atoms with E-state index in [9.17, 15) is 9.90 Å². The van der Waals surface area contributed by atoms with Crippen LogP contribution in [0.2, 0.25) is 0 Å². The van der Waals surface area contributed by atoms with E-state index in [4.69, 9.17) is 5.11 Å². The highest BCUT2D eigenvalue weighted by Gasteiger charge is 2.15. The van der Waals surface area contributed by atoms with Crippen LogP contribution in [-0.2, 0) is 0 Å². The SMILES string of the molecule is Cc1nc(O)c(N=Nc2cccc(C(=O)O)c2)n1-c1ccccc1. The standard InChI is InChI=1S/C17H14N4O3/c1-11-18-16(22)15(21(11)14-8-3-2-4-9-14)20-19-13-7-5-6-12(10-13)17(23)24/h2-10,22H,1H3,(H,23,24). The van der Waals surface area contributed by atoms with E-state index in [-0.39, 0.29) is 17.3 Å². The molecule has 0 fully saturated rings. The highest BCUT2D eigenvalue weighted by molar-refractivity contribution is 5.88. The molecule has 0 unspecified atom stereocenters. The second-order valence-electron chi connectivity index (χ2n) is 5.03. The van der Waals surface area contributed by atoms with Crippen LogP contribution in [-0.4, -0.2) is 25.7 Å². The highest BCUT2D eigenvalue weighted by atomic mass is 16.4. The summed E-state index contributed by atoms with van der Waals surface area (Å²) in [6.07, 6.45) is 0. The Morgan fingerprint density at radius 3 is 2.54 bits per heavy atom. The first-order valence-electron chi connectivity index (χ1n) is 7.15. The lowest BCUT2D eigenvalue weighted by Gasteiger charge is -2.06. The van der Waals surface area contributed by atoms with Crippen molar-refractivity contribution in [3.63, 3.8) is 0 Å². The second kappa shape index (κ2) is 6.33. The zero-order chi connectivity index (χ0) is 17.1. The number of carboxylic acid groups (broad SMARTS) is 1. The topological polar surface area (TPSA) is 100 Å². The number of hydrogen-bond donors (Lipinski definition) is 2. The molecule has 120 valence electrons. The number of nitrogens with zero attached hydrogens (tertiary/aromatic N) is 4. The number of aromatic nitrogens is 2. The van der Waals surface area contributed by atoms with Crippen LogP contribution in [0.4, 0.5) is 11.5 Å². The van der Waals surface area contributed by atoms with Crippen LogP contribution >= 0.6 is 0 Å². The van der Waals surface area contributed by atoms with Crippen molar-refractivity contribution >= 4 is 17.5 Å². The van der Waals surface area contributed by atoms with Crippen LogP contribution < -0.4 is 0 Å². The third-order valence-corrected chi connectivity index (χ3v) is 3.37. The number of benzene rings is 2. The first-order chi connectivity index (χ1) is 11.6. The van der Waals surface area contributed by atoms with Gasteiger partial charge in [0.05, 0.1) is 11.3 Å². The van der Waals surface area contributed by atoms with Gasteiger partial charge >= 0.3 is 5.97 Å². The van der Waals surface area contributed by atoms with Crippen LogP contribution in [0, 0.1) is 6.92 Å². The molecule has 3 rings (SSSR count). The maximum Gasteiger partial charge on any atom is 0.335 e. The third kappa shape index (κ3) is 3.00. The van der Waals surface area contributed by atoms with E-state index in [2.05, 4.69) is 15.2 Å². The van der Waals surface area contributed by atoms with Gasteiger partial charge in [-0.15, -0.1) is 10.2 Å². The molecule has 0 radical (unpaired) electrons. The van der Waals surface area contributed by atoms with Crippen LogP contribution in [0.25, 0.3) is 5.69 Å². The smallest absolute Gasteiger partial charge is 0.335 e. The van der Waals surface area contributed by atoms with E-state index >= 15 is 0 Å². The molecule has 0 spiro atoms. The Kier molecular flexibility index (Phi) is 4.07. The number of rotatable bonds is 4. The quantitative estimate of drug-likeness (QED) is 0.709. The van der Waals surface area contributed by atoms with Gasteiger partial charge in [0.2, 0.25) is 5.82 Å². The Labute approximate surface area is 137 Å². The fourth-order valence-corrected chi connectivity index (χ4v) is 2.29. The molecule has 0 aliphatic carbocycles. The van der Waals surface area contributed by atoms with Gasteiger partial charge in [-0.3, -0.25) is 4.57 Å². The minimum atomic E-state index is -1.04. The summed E-state index contributed by atoms with van der Waals surface area (Å²) < 4.78 is 1.67. The van der Waals surface area contributed by atoms with Gasteiger partial charge < -0.3 is 10.2 Å². The van der Waals surface area contributed by atoms with Crippen LogP contribution in [0.15, 0.2) is 64.8 Å². The van der Waals surface area contributed by atoms with E-state index in [0.717, 1.165) is 5.69 Å². The Bertz CT molecular complexity index is 917. The van der Waals surface area contributed by atoms with Crippen LogP contribution in [0.3, 0.4) is 0 Å².